The minimum Gasteiger partial charge on any atom is -0.432 e. The molecule has 0 saturated carbocycles. The van der Waals surface area contributed by atoms with Crippen LogP contribution in [0.5, 0.6) is 0 Å². The molecule has 10 N–H and O–H groups in total. The van der Waals surface area contributed by atoms with Gasteiger partial charge in [0.25, 0.3) is 0 Å². The van der Waals surface area contributed by atoms with Crippen molar-refractivity contribution in [3.63, 3.8) is 0 Å². The van der Waals surface area contributed by atoms with E-state index in [-0.39, 0.29) is 256 Å². The van der Waals surface area contributed by atoms with Crippen molar-refractivity contribution in [3.8, 4) is 0 Å². The Bertz CT molecular complexity index is 2420. The molecule has 0 fully saturated rings. The van der Waals surface area contributed by atoms with Crippen LogP contribution in [0.15, 0.2) is 0 Å². The molecule has 0 aliphatic carbocycles. The highest BCUT2D eigenvalue weighted by atomic mass is 16.8. The maximum Gasteiger partial charge on any atom is 0.508 e. The van der Waals surface area contributed by atoms with Gasteiger partial charge in [-0.15, -0.1) is 0 Å². The van der Waals surface area contributed by atoms with Crippen molar-refractivity contribution in [2.24, 2.45) is 0 Å². The molecule has 0 bridgehead atoms. The van der Waals surface area contributed by atoms with E-state index < -0.39 is 129 Å². The van der Waals surface area contributed by atoms with Gasteiger partial charge < -0.3 is 193 Å². The van der Waals surface area contributed by atoms with Gasteiger partial charge in [-0.2, -0.15) is 0 Å². The first-order valence-corrected chi connectivity index (χ1v) is 41.4. The fourth-order valence-corrected chi connectivity index (χ4v) is 6.69. The molecule has 0 saturated heterocycles. The zero-order valence-electron chi connectivity index (χ0n) is 77.3. The van der Waals surface area contributed by atoms with Gasteiger partial charge in [0.15, 0.2) is 0 Å². The minimum atomic E-state index is -0.869. The summed E-state index contributed by atoms with van der Waals surface area (Å²) in [4.78, 5) is 111. The average molecular weight is 1890 g/mol. The molecule has 0 aromatic carbocycles. The Balaban J connectivity index is -0.000000283. The van der Waals surface area contributed by atoms with Crippen LogP contribution in [0.3, 0.4) is 0 Å². The van der Waals surface area contributed by atoms with Crippen LogP contribution in [-0.2, 0) is 142 Å². The lowest BCUT2D eigenvalue weighted by Crippen LogP contribution is -2.25. The van der Waals surface area contributed by atoms with Crippen molar-refractivity contribution in [1.82, 2.24) is 0 Å². The third-order valence-corrected chi connectivity index (χ3v) is 11.9. The lowest BCUT2D eigenvalue weighted by atomic mass is 10.4. The van der Waals surface area contributed by atoms with E-state index in [1.54, 1.807) is 48.5 Å². The van der Waals surface area contributed by atoms with Crippen LogP contribution in [0.1, 0.15) is 125 Å². The molecule has 762 valence electrons. The molecule has 50 heteroatoms. The van der Waals surface area contributed by atoms with E-state index in [2.05, 4.69) is 52.1 Å². The Morgan fingerprint density at radius 2 is 0.305 bits per heavy atom. The van der Waals surface area contributed by atoms with Gasteiger partial charge in [-0.05, 0) is 96.9 Å². The van der Waals surface area contributed by atoms with Crippen molar-refractivity contribution in [1.29, 1.82) is 0 Å². The van der Waals surface area contributed by atoms with E-state index in [1.807, 2.05) is 27.7 Å². The number of hydrogen-bond acceptors (Lipinski definition) is 50. The summed E-state index contributed by atoms with van der Waals surface area (Å²) in [7, 11) is 0. The molecule has 14 atom stereocenters. The first-order chi connectivity index (χ1) is 60.8. The van der Waals surface area contributed by atoms with Crippen LogP contribution < -0.4 is 0 Å². The Hall–Kier alpha value is -8.10. The molecule has 0 spiro atoms. The van der Waals surface area contributed by atoms with Crippen molar-refractivity contribution >= 4 is 61.6 Å². The number of hydrogen-bond donors (Lipinski definition) is 10. The number of carbonyl (C=O) groups excluding carboxylic acids is 10. The fourth-order valence-electron chi connectivity index (χ4n) is 6.69. The molecule has 14 unspecified atom stereocenters. The summed E-state index contributed by atoms with van der Waals surface area (Å²) < 4.78 is 146. The molecule has 0 aromatic rings. The van der Waals surface area contributed by atoms with Crippen LogP contribution in [0.4, 0.5) is 47.9 Å². The largest absolute Gasteiger partial charge is 0.508 e. The van der Waals surface area contributed by atoms with Gasteiger partial charge in [-0.25, -0.2) is 47.9 Å². The minimum absolute atomic E-state index is 0.0151. The number of rotatable bonds is 65. The quantitative estimate of drug-likeness (QED) is 0.0233. The first-order valence-electron chi connectivity index (χ1n) is 41.4. The Labute approximate surface area is 748 Å². The third kappa shape index (κ3) is 116. The van der Waals surface area contributed by atoms with Gasteiger partial charge in [-0.3, -0.25) is 0 Å². The second-order valence-electron chi connectivity index (χ2n) is 25.7. The van der Waals surface area contributed by atoms with Crippen LogP contribution in [0, 0.1) is 0 Å². The molecule has 0 heterocycles. The molecule has 0 rings (SSSR count). The maximum absolute atomic E-state index is 11.2. The van der Waals surface area contributed by atoms with E-state index in [9.17, 15) is 47.9 Å². The predicted octanol–water partition coefficient (Wildman–Crippen LogP) is 4.04. The standard InChI is InChI=1S/C16H30O10.2C15H28O10.2C14H26O10.2C2H6/c1-11(17)7-23-15(19)25-13(3)9-21-5-6-22-10-14(4)26-16(20)24-8-12(2)18;2*1-11(16)8-24-14(18)22-5-4-20-10-13(3)21-6-7-23-15(19)25-9-12(2)17;1-11(23-13(17)21-5-3-15)9-19-7-8-20-10-12(2)24-14(18)22-6-4-16;1-11(16)9-24-14(18)23-8-7-20-12(2)10-19-5-6-22-13(17)21-4-3-15;2*1-2/h11-14,17-18H,5-10H2,1-4H3;2*11-13,16-17H,4-10H2,1-3H3;2*11-12,15-16H,3-10H2,1-2H3;2*1-2H3. The molecule has 0 aliphatic heterocycles. The fraction of sp³-hybridized carbons (Fsp3) is 0.872. The molecular formula is C78H150O50. The number of aliphatic hydroxyl groups is 10. The second kappa shape index (κ2) is 97.9. The van der Waals surface area contributed by atoms with Crippen molar-refractivity contribution in [2.45, 2.75) is 210 Å². The predicted molar refractivity (Wildman–Crippen MR) is 439 cm³/mol. The monoisotopic (exact) mass is 1890 g/mol. The molecule has 50 nitrogen and oxygen atoms in total. The second-order valence-corrected chi connectivity index (χ2v) is 25.7. The summed E-state index contributed by atoms with van der Waals surface area (Å²) in [6, 6.07) is 0. The zero-order valence-corrected chi connectivity index (χ0v) is 77.3. The summed E-state index contributed by atoms with van der Waals surface area (Å²) in [6.07, 6.45) is -16.7. The number of ether oxygens (including phenoxy) is 30. The summed E-state index contributed by atoms with van der Waals surface area (Å²) in [5.41, 5.74) is 0. The van der Waals surface area contributed by atoms with Crippen molar-refractivity contribution < 1.29 is 241 Å². The molecule has 0 radical (unpaired) electrons. The molecule has 128 heavy (non-hydrogen) atoms. The van der Waals surface area contributed by atoms with Gasteiger partial charge in [-0.1, -0.05) is 27.7 Å². The Morgan fingerprint density at radius 1 is 0.172 bits per heavy atom. The average Bonchev–Trinajstić information content (AvgIpc) is 1.02. The van der Waals surface area contributed by atoms with E-state index >= 15 is 0 Å². The lowest BCUT2D eigenvalue weighted by molar-refractivity contribution is -0.0443. The van der Waals surface area contributed by atoms with Crippen LogP contribution in [-0.4, -0.2) is 436 Å². The summed E-state index contributed by atoms with van der Waals surface area (Å²) in [5, 5.41) is 88.0. The normalized spacial score (nSPS) is 13.7. The smallest absolute Gasteiger partial charge is 0.432 e. The van der Waals surface area contributed by atoms with Gasteiger partial charge >= 0.3 is 61.6 Å². The topological polar surface area (TPSA) is 650 Å². The molecule has 0 amide bonds. The molecule has 0 aliphatic rings. The van der Waals surface area contributed by atoms with Crippen molar-refractivity contribution in [2.75, 3.05) is 238 Å². The van der Waals surface area contributed by atoms with Crippen LogP contribution in [0.2, 0.25) is 0 Å². The van der Waals surface area contributed by atoms with Crippen LogP contribution in [0.25, 0.3) is 0 Å². The first kappa shape index (κ1) is 133. The van der Waals surface area contributed by atoms with E-state index in [4.69, 9.17) is 141 Å². The summed E-state index contributed by atoms with van der Waals surface area (Å²) in [5.74, 6) is 0. The maximum atomic E-state index is 11.2. The number of carbonyl (C=O) groups is 10. The number of aliphatic hydroxyl groups excluding tert-OH is 10. The Kier molecular flexibility index (Phi) is 102. The van der Waals surface area contributed by atoms with E-state index in [1.165, 1.54) is 48.5 Å². The van der Waals surface area contributed by atoms with E-state index in [0.717, 1.165) is 0 Å². The Morgan fingerprint density at radius 3 is 0.484 bits per heavy atom. The highest BCUT2D eigenvalue weighted by Crippen LogP contribution is 2.05. The lowest BCUT2D eigenvalue weighted by Gasteiger charge is -2.15. The summed E-state index contributed by atoms with van der Waals surface area (Å²) >= 11 is 0. The van der Waals surface area contributed by atoms with Gasteiger partial charge in [0.2, 0.25) is 0 Å². The highest BCUT2D eigenvalue weighted by molar-refractivity contribution is 5.63. The SMILES string of the molecule is CC.CC.CC(COCCOCC(C)OC(=O)OCCO)OC(=O)OCCO.CC(O)COC(=O)OC(C)COCCOCC(C)OC(=O)OCC(C)O.CC(O)COC(=O)OCCOC(C)COCCOC(=O)OCCO.CC(O)COC(=O)OCCOCC(C)OCCOC(=O)OCC(C)O.CC(O)COC(=O)OCCOCC(C)OCCOC(=O)OCC(C)O. The van der Waals surface area contributed by atoms with Gasteiger partial charge in [0.05, 0.1) is 193 Å². The highest BCUT2D eigenvalue weighted by Gasteiger charge is 2.19. The van der Waals surface area contributed by atoms with E-state index in [0.29, 0.717) is 0 Å². The molecule has 0 aromatic heterocycles. The van der Waals surface area contributed by atoms with Gasteiger partial charge in [0, 0.05) is 0 Å². The third-order valence-electron chi connectivity index (χ3n) is 11.9. The summed E-state index contributed by atoms with van der Waals surface area (Å²) in [6.45, 7) is 31.8. The van der Waals surface area contributed by atoms with Crippen molar-refractivity contribution in [3.05, 3.63) is 0 Å². The van der Waals surface area contributed by atoms with Crippen LogP contribution >= 0.6 is 0 Å². The molecular weight excluding hydrogens is 1740 g/mol. The van der Waals surface area contributed by atoms with Gasteiger partial charge in [0.1, 0.15) is 130 Å². The zero-order chi connectivity index (χ0) is 98.5.